The molecule has 244 valence electrons. The van der Waals surface area contributed by atoms with Crippen molar-refractivity contribution in [2.24, 2.45) is 4.99 Å². The van der Waals surface area contributed by atoms with E-state index in [0.29, 0.717) is 5.56 Å². The largest absolute Gasteiger partial charge is 0.478 e. The molecule has 0 saturated carbocycles. The predicted molar refractivity (Wildman–Crippen MR) is 199 cm³/mol. The van der Waals surface area contributed by atoms with Crippen LogP contribution in [0.5, 0.6) is 0 Å². The molecule has 0 fully saturated rings. The summed E-state index contributed by atoms with van der Waals surface area (Å²) in [5, 5.41) is 10.5. The standard InChI is InChI=1S/C40H38N2O4S2/c1-38(2)15-17-42-18-16-39(3,4)33-34(42)27(38)21-23-19-25(37(45)46-35(23)33)29-12-13-31(48-29)30-11-8-24(47-30)9-14-32-40(5,6)26-20-22(36(43)44)7-10-28(26)41-32/h7-14,19-21H,15-18H2,1-6H3,(H,43,44)/b14-9+. The van der Waals surface area contributed by atoms with Gasteiger partial charge in [-0.15, -0.1) is 22.7 Å². The van der Waals surface area contributed by atoms with Gasteiger partial charge in [0, 0.05) is 54.7 Å². The van der Waals surface area contributed by atoms with Crippen LogP contribution in [0.15, 0.2) is 74.9 Å². The Balaban J connectivity index is 1.10. The third-order valence-corrected chi connectivity index (χ3v) is 13.0. The Labute approximate surface area is 288 Å². The smallest absolute Gasteiger partial charge is 0.345 e. The van der Waals surface area contributed by atoms with Crippen molar-refractivity contribution in [1.82, 2.24) is 0 Å². The number of allylic oxidation sites excluding steroid dienone is 1. The normalized spacial score (nSPS) is 18.6. The van der Waals surface area contributed by atoms with Gasteiger partial charge >= 0.3 is 11.6 Å². The van der Waals surface area contributed by atoms with E-state index < -0.39 is 11.4 Å². The Morgan fingerprint density at radius 3 is 2.33 bits per heavy atom. The zero-order valence-electron chi connectivity index (χ0n) is 28.1. The Morgan fingerprint density at radius 1 is 0.854 bits per heavy atom. The fourth-order valence-corrected chi connectivity index (χ4v) is 9.61. The van der Waals surface area contributed by atoms with Crippen molar-refractivity contribution in [2.45, 2.75) is 70.6 Å². The van der Waals surface area contributed by atoms with Gasteiger partial charge in [0.2, 0.25) is 0 Å². The first-order valence-electron chi connectivity index (χ1n) is 16.5. The molecule has 48 heavy (non-hydrogen) atoms. The lowest BCUT2D eigenvalue weighted by Crippen LogP contribution is -2.44. The Kier molecular flexibility index (Phi) is 6.86. The summed E-state index contributed by atoms with van der Waals surface area (Å²) in [6.07, 6.45) is 6.24. The number of carboxylic acid groups (broad SMARTS) is 1. The van der Waals surface area contributed by atoms with Crippen LogP contribution in [0.3, 0.4) is 0 Å². The van der Waals surface area contributed by atoms with Gasteiger partial charge in [0.05, 0.1) is 22.5 Å². The molecule has 8 heteroatoms. The average Bonchev–Trinajstić information content (AvgIpc) is 3.76. The minimum atomic E-state index is -0.936. The van der Waals surface area contributed by atoms with Gasteiger partial charge in [0.1, 0.15) is 5.58 Å². The van der Waals surface area contributed by atoms with Gasteiger partial charge in [0.15, 0.2) is 0 Å². The van der Waals surface area contributed by atoms with E-state index in [-0.39, 0.29) is 22.0 Å². The molecule has 0 aliphatic carbocycles. The van der Waals surface area contributed by atoms with Gasteiger partial charge in [-0.3, -0.25) is 4.99 Å². The number of fused-ring (bicyclic) bond motifs is 3. The Hall–Kier alpha value is -4.27. The second-order valence-electron chi connectivity index (χ2n) is 15.1. The molecule has 8 rings (SSSR count). The number of hydrogen-bond donors (Lipinski definition) is 1. The number of anilines is 1. The lowest BCUT2D eigenvalue weighted by Gasteiger charge is -2.48. The summed E-state index contributed by atoms with van der Waals surface area (Å²) >= 11 is 3.30. The SMILES string of the molecule is CC1(C)CCN2CCC(C)(C)c3c2c1cc1cc(-c2ccc(-c4ccc(/C=C/C5=Nc6ccc(C(=O)O)cc6C5(C)C)s4)s2)c(=O)oc31. The van der Waals surface area contributed by atoms with Crippen LogP contribution in [0.4, 0.5) is 11.4 Å². The first kappa shape index (κ1) is 31.0. The highest BCUT2D eigenvalue weighted by molar-refractivity contribution is 7.24. The maximum atomic E-state index is 13.6. The van der Waals surface area contributed by atoms with Crippen LogP contribution >= 0.6 is 22.7 Å². The molecule has 1 N–H and O–H groups in total. The molecule has 0 unspecified atom stereocenters. The molecule has 3 aliphatic rings. The van der Waals surface area contributed by atoms with Crippen LogP contribution in [0, 0.1) is 0 Å². The number of thiophene rings is 2. The highest BCUT2D eigenvalue weighted by Gasteiger charge is 2.42. The highest BCUT2D eigenvalue weighted by atomic mass is 32.1. The van der Waals surface area contributed by atoms with Gasteiger partial charge in [-0.1, -0.05) is 41.5 Å². The maximum Gasteiger partial charge on any atom is 0.345 e. The molecule has 0 atom stereocenters. The van der Waals surface area contributed by atoms with Crippen molar-refractivity contribution < 1.29 is 14.3 Å². The summed E-state index contributed by atoms with van der Waals surface area (Å²) < 4.78 is 6.26. The van der Waals surface area contributed by atoms with E-state index in [1.54, 1.807) is 40.9 Å². The number of carboxylic acids is 1. The Morgan fingerprint density at radius 2 is 1.56 bits per heavy atom. The fourth-order valence-electron chi connectivity index (χ4n) is 7.59. The second kappa shape index (κ2) is 10.6. The molecule has 0 saturated heterocycles. The monoisotopic (exact) mass is 674 g/mol. The summed E-state index contributed by atoms with van der Waals surface area (Å²) in [6, 6.07) is 17.8. The molecule has 0 bridgehead atoms. The van der Waals surface area contributed by atoms with Crippen LogP contribution in [-0.2, 0) is 16.2 Å². The molecule has 3 aliphatic heterocycles. The van der Waals surface area contributed by atoms with E-state index in [9.17, 15) is 14.7 Å². The van der Waals surface area contributed by atoms with Gasteiger partial charge in [0.25, 0.3) is 0 Å². The number of aromatic carboxylic acids is 1. The fraction of sp³-hybridized carbons (Fsp3) is 0.325. The average molecular weight is 675 g/mol. The van der Waals surface area contributed by atoms with E-state index >= 15 is 0 Å². The minimum Gasteiger partial charge on any atom is -0.478 e. The first-order chi connectivity index (χ1) is 22.7. The second-order valence-corrected chi connectivity index (χ2v) is 17.3. The zero-order valence-corrected chi connectivity index (χ0v) is 29.7. The lowest BCUT2D eigenvalue weighted by atomic mass is 9.69. The van der Waals surface area contributed by atoms with E-state index in [1.165, 1.54) is 16.8 Å². The number of carbonyl (C=O) groups is 1. The topological polar surface area (TPSA) is 83.1 Å². The zero-order chi connectivity index (χ0) is 33.7. The molecule has 3 aromatic heterocycles. The number of nitrogens with zero attached hydrogens (tertiary/aromatic N) is 2. The molecule has 5 aromatic rings. The van der Waals surface area contributed by atoms with Crippen LogP contribution < -0.4 is 10.5 Å². The highest BCUT2D eigenvalue weighted by Crippen LogP contribution is 2.52. The molecule has 0 amide bonds. The molecular formula is C40H38N2O4S2. The maximum absolute atomic E-state index is 13.6. The van der Waals surface area contributed by atoms with Crippen LogP contribution in [0.25, 0.3) is 37.2 Å². The van der Waals surface area contributed by atoms with Crippen LogP contribution in [0.2, 0.25) is 0 Å². The number of rotatable bonds is 5. The summed E-state index contributed by atoms with van der Waals surface area (Å²) in [5.74, 6) is -0.936. The summed E-state index contributed by atoms with van der Waals surface area (Å²) in [7, 11) is 0. The van der Waals surface area contributed by atoms with Crippen molar-refractivity contribution >= 4 is 62.8 Å². The van der Waals surface area contributed by atoms with Gasteiger partial charge < -0.3 is 14.4 Å². The van der Waals surface area contributed by atoms with E-state index in [2.05, 4.69) is 82.9 Å². The van der Waals surface area contributed by atoms with Crippen LogP contribution in [0.1, 0.15) is 86.3 Å². The van der Waals surface area contributed by atoms with Crippen molar-refractivity contribution in [1.29, 1.82) is 0 Å². The van der Waals surface area contributed by atoms with E-state index in [0.717, 1.165) is 73.4 Å². The predicted octanol–water partition coefficient (Wildman–Crippen LogP) is 10.2. The van der Waals surface area contributed by atoms with Gasteiger partial charge in [-0.25, -0.2) is 9.59 Å². The third kappa shape index (κ3) is 4.83. The van der Waals surface area contributed by atoms with Crippen molar-refractivity contribution in [2.75, 3.05) is 18.0 Å². The van der Waals surface area contributed by atoms with Crippen molar-refractivity contribution in [3.8, 4) is 20.2 Å². The summed E-state index contributed by atoms with van der Waals surface area (Å²) in [6.45, 7) is 15.4. The lowest BCUT2D eigenvalue weighted by molar-refractivity contribution is 0.0696. The molecule has 0 radical (unpaired) electrons. The number of hydrogen-bond acceptors (Lipinski definition) is 7. The molecule has 2 aromatic carbocycles. The van der Waals surface area contributed by atoms with Gasteiger partial charge in [-0.2, -0.15) is 0 Å². The molecular weight excluding hydrogens is 637 g/mol. The number of aliphatic imine (C=N–C) groups is 1. The van der Waals surface area contributed by atoms with E-state index in [4.69, 9.17) is 9.41 Å². The Bertz CT molecular complexity index is 2290. The molecule has 6 nitrogen and oxygen atoms in total. The first-order valence-corrected chi connectivity index (χ1v) is 18.1. The minimum absolute atomic E-state index is 0.0495. The van der Waals surface area contributed by atoms with Gasteiger partial charge in [-0.05, 0) is 102 Å². The summed E-state index contributed by atoms with van der Waals surface area (Å²) in [4.78, 5) is 36.7. The third-order valence-electron chi connectivity index (χ3n) is 10.7. The summed E-state index contributed by atoms with van der Waals surface area (Å²) in [5.41, 5.74) is 7.35. The van der Waals surface area contributed by atoms with Crippen molar-refractivity contribution in [3.63, 3.8) is 0 Å². The van der Waals surface area contributed by atoms with Crippen molar-refractivity contribution in [3.05, 3.63) is 98.2 Å². The molecule has 6 heterocycles. The van der Waals surface area contributed by atoms with Crippen LogP contribution in [-0.4, -0.2) is 29.9 Å². The number of benzene rings is 2. The molecule has 0 spiro atoms. The van der Waals surface area contributed by atoms with E-state index in [1.807, 2.05) is 12.1 Å². The quantitative estimate of drug-likeness (QED) is 0.188.